The third-order valence-electron chi connectivity index (χ3n) is 6.99. The van der Waals surface area contributed by atoms with Gasteiger partial charge in [0.2, 0.25) is 0 Å². The van der Waals surface area contributed by atoms with Gasteiger partial charge in [-0.1, -0.05) is 59.7 Å². The number of ether oxygens (including phenoxy) is 1. The van der Waals surface area contributed by atoms with Crippen LogP contribution >= 0.6 is 0 Å². The number of methoxy groups -OCH3 is 1. The SMILES string of the molecule is COc1c(C(C)(C)C)cccc1[C@]1(O)C(C)(C)[C@H]2CC[C@]1(C)C2. The quantitative estimate of drug-likeness (QED) is 0.829. The molecule has 3 rings (SSSR count). The summed E-state index contributed by atoms with van der Waals surface area (Å²) >= 11 is 0. The Morgan fingerprint density at radius 2 is 1.83 bits per heavy atom. The van der Waals surface area contributed by atoms with Crippen molar-refractivity contribution >= 4 is 0 Å². The molecule has 1 aromatic carbocycles. The molecule has 128 valence electrons. The van der Waals surface area contributed by atoms with E-state index in [1.54, 1.807) is 7.11 Å². The second-order valence-corrected chi connectivity index (χ2v) is 9.57. The fraction of sp³-hybridized carbons (Fsp3) is 0.714. The van der Waals surface area contributed by atoms with E-state index in [9.17, 15) is 5.11 Å². The van der Waals surface area contributed by atoms with Gasteiger partial charge in [0.05, 0.1) is 7.11 Å². The van der Waals surface area contributed by atoms with Crippen LogP contribution in [0.1, 0.15) is 71.9 Å². The van der Waals surface area contributed by atoms with Crippen LogP contribution in [0.15, 0.2) is 18.2 Å². The Labute approximate surface area is 141 Å². The van der Waals surface area contributed by atoms with Gasteiger partial charge in [-0.2, -0.15) is 0 Å². The Balaban J connectivity index is 2.26. The molecule has 0 amide bonds. The van der Waals surface area contributed by atoms with E-state index in [4.69, 9.17) is 4.74 Å². The smallest absolute Gasteiger partial charge is 0.128 e. The molecule has 0 unspecified atom stereocenters. The summed E-state index contributed by atoms with van der Waals surface area (Å²) in [6.07, 6.45) is 3.44. The van der Waals surface area contributed by atoms with Gasteiger partial charge < -0.3 is 9.84 Å². The summed E-state index contributed by atoms with van der Waals surface area (Å²) in [5.41, 5.74) is 1.11. The van der Waals surface area contributed by atoms with Crippen molar-refractivity contribution in [3.63, 3.8) is 0 Å². The first-order chi connectivity index (χ1) is 10.5. The number of aliphatic hydroxyl groups is 1. The van der Waals surface area contributed by atoms with Crippen LogP contribution in [0.2, 0.25) is 0 Å². The Bertz CT molecular complexity index is 618. The average Bonchev–Trinajstić information content (AvgIpc) is 2.93. The molecule has 0 aromatic heterocycles. The second kappa shape index (κ2) is 4.75. The molecule has 2 bridgehead atoms. The van der Waals surface area contributed by atoms with E-state index in [2.05, 4.69) is 59.7 Å². The second-order valence-electron chi connectivity index (χ2n) is 9.57. The van der Waals surface area contributed by atoms with Crippen molar-refractivity contribution < 1.29 is 9.84 Å². The molecule has 0 heterocycles. The van der Waals surface area contributed by atoms with Gasteiger partial charge in [0.25, 0.3) is 0 Å². The van der Waals surface area contributed by atoms with E-state index < -0.39 is 5.60 Å². The average molecular weight is 316 g/mol. The summed E-state index contributed by atoms with van der Waals surface area (Å²) in [4.78, 5) is 0. The number of fused-ring (bicyclic) bond motifs is 2. The first-order valence-corrected chi connectivity index (χ1v) is 8.89. The Morgan fingerprint density at radius 1 is 1.17 bits per heavy atom. The van der Waals surface area contributed by atoms with Crippen molar-refractivity contribution in [2.75, 3.05) is 7.11 Å². The van der Waals surface area contributed by atoms with Gasteiger partial charge in [-0.3, -0.25) is 0 Å². The lowest BCUT2D eigenvalue weighted by molar-refractivity contribution is -0.151. The third-order valence-corrected chi connectivity index (χ3v) is 6.99. The van der Waals surface area contributed by atoms with Crippen LogP contribution in [-0.2, 0) is 11.0 Å². The standard InChI is InChI=1S/C21H32O2/c1-18(2,3)15-9-8-10-16(17(15)23-7)21(22)19(4,5)14-11-12-20(21,6)13-14/h8-10,14,22H,11-13H2,1-7H3/t14-,20+,21-/m0/s1. The van der Waals surface area contributed by atoms with Crippen molar-refractivity contribution in [3.05, 3.63) is 29.3 Å². The van der Waals surface area contributed by atoms with Gasteiger partial charge in [-0.05, 0) is 36.2 Å². The Morgan fingerprint density at radius 3 is 2.30 bits per heavy atom. The van der Waals surface area contributed by atoms with Crippen LogP contribution in [0.3, 0.4) is 0 Å². The topological polar surface area (TPSA) is 29.5 Å². The first kappa shape index (κ1) is 16.8. The molecule has 0 spiro atoms. The maximum atomic E-state index is 12.1. The molecule has 0 saturated heterocycles. The van der Waals surface area contributed by atoms with E-state index in [1.807, 2.05) is 0 Å². The number of hydrogen-bond acceptors (Lipinski definition) is 2. The molecule has 3 atom stereocenters. The lowest BCUT2D eigenvalue weighted by Gasteiger charge is -2.51. The molecule has 1 N–H and O–H groups in total. The summed E-state index contributed by atoms with van der Waals surface area (Å²) in [6, 6.07) is 6.30. The fourth-order valence-corrected chi connectivity index (χ4v) is 5.56. The molecule has 1 aromatic rings. The molecule has 0 radical (unpaired) electrons. The number of hydrogen-bond donors (Lipinski definition) is 1. The molecule has 2 heteroatoms. The largest absolute Gasteiger partial charge is 0.496 e. The van der Waals surface area contributed by atoms with Crippen molar-refractivity contribution in [1.82, 2.24) is 0 Å². The third kappa shape index (κ3) is 1.97. The molecular formula is C21H32O2. The van der Waals surface area contributed by atoms with Crippen molar-refractivity contribution in [2.45, 2.75) is 71.8 Å². The zero-order valence-corrected chi connectivity index (χ0v) is 15.8. The summed E-state index contributed by atoms with van der Waals surface area (Å²) in [5, 5.41) is 12.1. The monoisotopic (exact) mass is 316 g/mol. The fourth-order valence-electron chi connectivity index (χ4n) is 5.56. The van der Waals surface area contributed by atoms with E-state index in [0.29, 0.717) is 5.92 Å². The zero-order chi connectivity index (χ0) is 17.3. The summed E-state index contributed by atoms with van der Waals surface area (Å²) in [6.45, 7) is 13.4. The minimum atomic E-state index is -0.838. The normalized spacial score (nSPS) is 35.6. The summed E-state index contributed by atoms with van der Waals surface area (Å²) < 4.78 is 5.87. The highest BCUT2D eigenvalue weighted by molar-refractivity contribution is 5.50. The minimum absolute atomic E-state index is 0.0135. The van der Waals surface area contributed by atoms with Gasteiger partial charge in [0, 0.05) is 16.4 Å². The molecular weight excluding hydrogens is 284 g/mol. The van der Waals surface area contributed by atoms with Crippen molar-refractivity contribution in [1.29, 1.82) is 0 Å². The van der Waals surface area contributed by atoms with Crippen LogP contribution in [0.4, 0.5) is 0 Å². The number of rotatable bonds is 2. The predicted octanol–water partition coefficient (Wildman–Crippen LogP) is 5.03. The van der Waals surface area contributed by atoms with Crippen LogP contribution in [0.5, 0.6) is 5.75 Å². The zero-order valence-electron chi connectivity index (χ0n) is 15.8. The molecule has 2 nitrogen and oxygen atoms in total. The molecule has 2 aliphatic carbocycles. The Hall–Kier alpha value is -1.02. The van der Waals surface area contributed by atoms with Gasteiger partial charge >= 0.3 is 0 Å². The van der Waals surface area contributed by atoms with Crippen LogP contribution < -0.4 is 4.74 Å². The van der Waals surface area contributed by atoms with Gasteiger partial charge in [-0.15, -0.1) is 0 Å². The van der Waals surface area contributed by atoms with Gasteiger partial charge in [0.1, 0.15) is 11.4 Å². The molecule has 2 aliphatic rings. The van der Waals surface area contributed by atoms with Crippen LogP contribution in [0, 0.1) is 16.7 Å². The van der Waals surface area contributed by atoms with E-state index in [-0.39, 0.29) is 16.2 Å². The van der Waals surface area contributed by atoms with Crippen LogP contribution in [-0.4, -0.2) is 12.2 Å². The lowest BCUT2D eigenvalue weighted by Crippen LogP contribution is -2.51. The van der Waals surface area contributed by atoms with Crippen molar-refractivity contribution in [2.24, 2.45) is 16.7 Å². The summed E-state index contributed by atoms with van der Waals surface area (Å²) in [5.74, 6) is 1.46. The minimum Gasteiger partial charge on any atom is -0.496 e. The van der Waals surface area contributed by atoms with Gasteiger partial charge in [0.15, 0.2) is 0 Å². The maximum Gasteiger partial charge on any atom is 0.128 e. The maximum absolute atomic E-state index is 12.1. The molecule has 0 aliphatic heterocycles. The first-order valence-electron chi connectivity index (χ1n) is 8.89. The number of para-hydroxylation sites is 1. The predicted molar refractivity (Wildman–Crippen MR) is 94.8 cm³/mol. The highest BCUT2D eigenvalue weighted by atomic mass is 16.5. The van der Waals surface area contributed by atoms with Crippen molar-refractivity contribution in [3.8, 4) is 5.75 Å². The highest BCUT2D eigenvalue weighted by Crippen LogP contribution is 2.72. The van der Waals surface area contributed by atoms with E-state index in [1.165, 1.54) is 12.0 Å². The molecule has 2 fully saturated rings. The Kier molecular flexibility index (Phi) is 3.48. The van der Waals surface area contributed by atoms with E-state index in [0.717, 1.165) is 24.2 Å². The lowest BCUT2D eigenvalue weighted by atomic mass is 9.57. The van der Waals surface area contributed by atoms with E-state index >= 15 is 0 Å². The highest BCUT2D eigenvalue weighted by Gasteiger charge is 2.69. The van der Waals surface area contributed by atoms with Gasteiger partial charge in [-0.25, -0.2) is 0 Å². The summed E-state index contributed by atoms with van der Waals surface area (Å²) in [7, 11) is 1.74. The molecule has 2 saturated carbocycles. The van der Waals surface area contributed by atoms with Crippen LogP contribution in [0.25, 0.3) is 0 Å². The number of benzene rings is 1. The molecule has 23 heavy (non-hydrogen) atoms.